The van der Waals surface area contributed by atoms with Gasteiger partial charge in [-0.1, -0.05) is 48.4 Å². The lowest BCUT2D eigenvalue weighted by Crippen LogP contribution is -2.45. The van der Waals surface area contributed by atoms with Gasteiger partial charge in [-0.3, -0.25) is 19.7 Å². The van der Waals surface area contributed by atoms with E-state index in [9.17, 15) is 14.4 Å². The van der Waals surface area contributed by atoms with E-state index in [1.54, 1.807) is 0 Å². The van der Waals surface area contributed by atoms with Gasteiger partial charge in [-0.05, 0) is 31.2 Å². The summed E-state index contributed by atoms with van der Waals surface area (Å²) in [5.74, 6) is -0.715. The van der Waals surface area contributed by atoms with Crippen LogP contribution in [0.2, 0.25) is 5.02 Å². The average molecular weight is 448 g/mol. The van der Waals surface area contributed by atoms with E-state index in [-0.39, 0.29) is 29.5 Å². The Bertz CT molecular complexity index is 948. The molecule has 0 aliphatic carbocycles. The number of ether oxygens (including phenoxy) is 2. The van der Waals surface area contributed by atoms with Crippen LogP contribution in [0.15, 0.2) is 41.3 Å². The van der Waals surface area contributed by atoms with Gasteiger partial charge >= 0.3 is 0 Å². The summed E-state index contributed by atoms with van der Waals surface area (Å²) in [4.78, 5) is 35.7. The Kier molecular flexibility index (Phi) is 8.61. The number of carbonyl (C=O) groups is 2. The van der Waals surface area contributed by atoms with Crippen LogP contribution in [0.5, 0.6) is 5.75 Å². The van der Waals surface area contributed by atoms with E-state index in [4.69, 9.17) is 21.1 Å². The number of hydrogen-bond donors (Lipinski definition) is 1. The average Bonchev–Trinajstić information content (AvgIpc) is 2.77. The van der Waals surface area contributed by atoms with Crippen molar-refractivity contribution in [1.82, 2.24) is 15.1 Å². The third-order valence-electron chi connectivity index (χ3n) is 4.97. The zero-order chi connectivity index (χ0) is 22.1. The zero-order valence-corrected chi connectivity index (χ0v) is 18.0. The van der Waals surface area contributed by atoms with Crippen LogP contribution >= 0.6 is 11.6 Å². The first kappa shape index (κ1) is 23.0. The van der Waals surface area contributed by atoms with Crippen molar-refractivity contribution >= 4 is 23.4 Å². The van der Waals surface area contributed by atoms with E-state index >= 15 is 0 Å². The highest BCUT2D eigenvalue weighted by molar-refractivity contribution is 6.31. The molecule has 9 heteroatoms. The number of nitrogens with zero attached hydrogens (tertiary/aromatic N) is 2. The maximum atomic E-state index is 12.5. The Morgan fingerprint density at radius 2 is 1.81 bits per heavy atom. The molecule has 1 aliphatic rings. The lowest BCUT2D eigenvalue weighted by molar-refractivity contribution is -0.136. The summed E-state index contributed by atoms with van der Waals surface area (Å²) < 4.78 is 12.3. The van der Waals surface area contributed by atoms with Gasteiger partial charge in [-0.2, -0.15) is 5.10 Å². The molecule has 1 aromatic heterocycles. The lowest BCUT2D eigenvalue weighted by Gasteiger charge is -2.22. The molecule has 1 aromatic carbocycles. The molecule has 1 aliphatic heterocycles. The zero-order valence-electron chi connectivity index (χ0n) is 17.2. The van der Waals surface area contributed by atoms with Crippen LogP contribution in [0.3, 0.4) is 0 Å². The molecule has 31 heavy (non-hydrogen) atoms. The van der Waals surface area contributed by atoms with Gasteiger partial charge in [0.25, 0.3) is 11.5 Å². The van der Waals surface area contributed by atoms with Crippen molar-refractivity contribution in [1.29, 1.82) is 0 Å². The normalized spacial score (nSPS) is 16.2. The third-order valence-corrected chi connectivity index (χ3v) is 5.32. The van der Waals surface area contributed by atoms with Crippen LogP contribution < -0.4 is 15.6 Å². The topological polar surface area (TPSA) is 99.5 Å². The van der Waals surface area contributed by atoms with E-state index < -0.39 is 17.5 Å². The quantitative estimate of drug-likeness (QED) is 0.420. The fourth-order valence-corrected chi connectivity index (χ4v) is 3.46. The highest BCUT2D eigenvalue weighted by Crippen LogP contribution is 2.22. The molecular weight excluding hydrogens is 422 g/mol. The predicted molar refractivity (Wildman–Crippen MR) is 115 cm³/mol. The van der Waals surface area contributed by atoms with Crippen molar-refractivity contribution in [3.63, 3.8) is 0 Å². The number of rotatable bonds is 11. The van der Waals surface area contributed by atoms with Crippen LogP contribution in [-0.4, -0.2) is 34.8 Å². The Hall–Kier alpha value is -2.71. The number of imide groups is 1. The number of unbranched alkanes of at least 4 members (excludes halogenated alkanes) is 3. The number of amides is 2. The smallest absolute Gasteiger partial charge is 0.290 e. The van der Waals surface area contributed by atoms with Gasteiger partial charge in [0.2, 0.25) is 5.91 Å². The van der Waals surface area contributed by atoms with Crippen LogP contribution in [-0.2, 0) is 20.9 Å². The molecule has 2 heterocycles. The fourth-order valence-electron chi connectivity index (χ4n) is 3.27. The first-order valence-electron chi connectivity index (χ1n) is 10.4. The maximum absolute atomic E-state index is 12.5. The summed E-state index contributed by atoms with van der Waals surface area (Å²) in [5.41, 5.74) is 0.560. The molecule has 3 rings (SSSR count). The van der Waals surface area contributed by atoms with Crippen molar-refractivity contribution in [2.45, 2.75) is 51.2 Å². The fraction of sp³-hybridized carbons (Fsp3) is 0.455. The molecule has 1 unspecified atom stereocenters. The van der Waals surface area contributed by atoms with Crippen LogP contribution in [0.4, 0.5) is 0 Å². The molecule has 166 valence electrons. The molecule has 1 saturated heterocycles. The van der Waals surface area contributed by atoms with Gasteiger partial charge in [0.05, 0.1) is 19.4 Å². The first-order valence-corrected chi connectivity index (χ1v) is 10.8. The van der Waals surface area contributed by atoms with E-state index in [2.05, 4.69) is 10.4 Å². The summed E-state index contributed by atoms with van der Waals surface area (Å²) in [6.45, 7) is 1.75. The minimum Gasteiger partial charge on any atom is -0.490 e. The predicted octanol–water partition coefficient (Wildman–Crippen LogP) is 3.03. The minimum absolute atomic E-state index is 0.117. The van der Waals surface area contributed by atoms with Gasteiger partial charge in [0.1, 0.15) is 6.04 Å². The molecule has 2 aromatic rings. The number of carbonyl (C=O) groups excluding carboxylic acids is 2. The van der Waals surface area contributed by atoms with Gasteiger partial charge in [-0.15, -0.1) is 0 Å². The standard InChI is InChI=1S/C22H26ClN3O5/c23-20-18(14-24-26(22(20)29)17-10-11-19(27)25-21(17)28)31-13-7-2-1-6-12-30-15-16-8-4-3-5-9-16/h3-5,8-9,14,17H,1-2,6-7,10-13,15H2,(H,25,27,28). The molecule has 0 spiro atoms. The summed E-state index contributed by atoms with van der Waals surface area (Å²) in [6, 6.07) is 9.22. The van der Waals surface area contributed by atoms with Crippen molar-refractivity contribution in [2.75, 3.05) is 13.2 Å². The van der Waals surface area contributed by atoms with Crippen LogP contribution in [0.25, 0.3) is 0 Å². The number of piperidine rings is 1. The number of hydrogen-bond acceptors (Lipinski definition) is 6. The van der Waals surface area contributed by atoms with Gasteiger partial charge in [0, 0.05) is 13.0 Å². The molecule has 2 amide bonds. The van der Waals surface area contributed by atoms with Crippen molar-refractivity contribution in [3.05, 3.63) is 57.5 Å². The second kappa shape index (κ2) is 11.6. The minimum atomic E-state index is -0.846. The molecular formula is C22H26ClN3O5. The van der Waals surface area contributed by atoms with Gasteiger partial charge in [0.15, 0.2) is 10.8 Å². The number of benzene rings is 1. The third kappa shape index (κ3) is 6.63. The van der Waals surface area contributed by atoms with Crippen molar-refractivity contribution in [2.24, 2.45) is 0 Å². The Balaban J connectivity index is 1.35. The van der Waals surface area contributed by atoms with Crippen molar-refractivity contribution < 1.29 is 19.1 Å². The monoisotopic (exact) mass is 447 g/mol. The summed E-state index contributed by atoms with van der Waals surface area (Å²) >= 11 is 6.13. The summed E-state index contributed by atoms with van der Waals surface area (Å²) in [5, 5.41) is 6.10. The molecule has 8 nitrogen and oxygen atoms in total. The first-order chi connectivity index (χ1) is 15.1. The van der Waals surface area contributed by atoms with E-state index in [1.807, 2.05) is 30.3 Å². The maximum Gasteiger partial charge on any atom is 0.290 e. The highest BCUT2D eigenvalue weighted by Gasteiger charge is 2.30. The lowest BCUT2D eigenvalue weighted by atomic mass is 10.1. The van der Waals surface area contributed by atoms with Gasteiger partial charge in [-0.25, -0.2) is 4.68 Å². The SMILES string of the molecule is O=C1CCC(n2ncc(OCCCCCCOCc3ccccc3)c(Cl)c2=O)C(=O)N1. The van der Waals surface area contributed by atoms with Crippen LogP contribution in [0, 0.1) is 0 Å². The Morgan fingerprint density at radius 1 is 1.06 bits per heavy atom. The van der Waals surface area contributed by atoms with Gasteiger partial charge < -0.3 is 9.47 Å². The largest absolute Gasteiger partial charge is 0.490 e. The second-order valence-electron chi connectivity index (χ2n) is 7.34. The molecule has 1 atom stereocenters. The molecule has 0 bridgehead atoms. The summed E-state index contributed by atoms with van der Waals surface area (Å²) in [7, 11) is 0. The van der Waals surface area contributed by atoms with Crippen LogP contribution in [0.1, 0.15) is 50.1 Å². The van der Waals surface area contributed by atoms with E-state index in [0.717, 1.165) is 30.4 Å². The molecule has 0 radical (unpaired) electrons. The number of nitrogens with one attached hydrogen (secondary N) is 1. The number of aromatic nitrogens is 2. The van der Waals surface area contributed by atoms with E-state index in [0.29, 0.717) is 19.8 Å². The number of halogens is 1. The molecule has 0 saturated carbocycles. The Labute approximate surface area is 185 Å². The second-order valence-corrected chi connectivity index (χ2v) is 7.72. The highest BCUT2D eigenvalue weighted by atomic mass is 35.5. The molecule has 1 N–H and O–H groups in total. The summed E-state index contributed by atoms with van der Waals surface area (Å²) in [6.07, 6.45) is 5.46. The molecule has 1 fully saturated rings. The van der Waals surface area contributed by atoms with E-state index in [1.165, 1.54) is 11.8 Å². The Morgan fingerprint density at radius 3 is 2.55 bits per heavy atom. The van der Waals surface area contributed by atoms with Crippen molar-refractivity contribution in [3.8, 4) is 5.75 Å².